The van der Waals surface area contributed by atoms with Gasteiger partial charge in [-0.05, 0) is 37.0 Å². The van der Waals surface area contributed by atoms with Gasteiger partial charge in [0.15, 0.2) is 6.29 Å². The van der Waals surface area contributed by atoms with Gasteiger partial charge in [-0.3, -0.25) is 9.59 Å². The van der Waals surface area contributed by atoms with Gasteiger partial charge in [-0.15, -0.1) is 11.8 Å². The minimum Gasteiger partial charge on any atom is -0.507 e. The van der Waals surface area contributed by atoms with Crippen molar-refractivity contribution in [1.29, 1.82) is 0 Å². The van der Waals surface area contributed by atoms with Crippen LogP contribution in [0.4, 0.5) is 0 Å². The number of carbonyl (C=O) groups excluding carboxylic acids is 2. The topological polar surface area (TPSA) is 63.6 Å². The van der Waals surface area contributed by atoms with Gasteiger partial charge in [0, 0.05) is 10.6 Å². The van der Waals surface area contributed by atoms with E-state index in [0.29, 0.717) is 31.0 Å². The number of phenolic OH excluding ortho intramolecular Hbond substituents is 1. The van der Waals surface area contributed by atoms with Crippen LogP contribution >= 0.6 is 11.8 Å². The third-order valence-corrected chi connectivity index (χ3v) is 5.20. The highest BCUT2D eigenvalue weighted by atomic mass is 32.2. The molecule has 1 rings (SSSR count). The van der Waals surface area contributed by atoms with Crippen molar-refractivity contribution in [2.24, 2.45) is 5.92 Å². The third kappa shape index (κ3) is 6.95. The van der Waals surface area contributed by atoms with Crippen LogP contribution < -0.4 is 0 Å². The molecule has 0 aliphatic rings. The number of hydrogen-bond acceptors (Lipinski definition) is 5. The molecular weight excluding hydrogens is 324 g/mol. The van der Waals surface area contributed by atoms with Crippen molar-refractivity contribution >= 4 is 24.0 Å². The molecule has 0 aromatic heterocycles. The van der Waals surface area contributed by atoms with Crippen molar-refractivity contribution in [1.82, 2.24) is 0 Å². The number of benzene rings is 1. The number of aldehydes is 1. The maximum atomic E-state index is 11.8. The van der Waals surface area contributed by atoms with Gasteiger partial charge in [-0.2, -0.15) is 0 Å². The summed E-state index contributed by atoms with van der Waals surface area (Å²) in [6, 6.07) is 3.23. The minimum atomic E-state index is -0.177. The zero-order valence-corrected chi connectivity index (χ0v) is 15.7. The van der Waals surface area contributed by atoms with Gasteiger partial charge in [0.1, 0.15) is 5.75 Å². The Hall–Kier alpha value is -1.49. The molecule has 0 aliphatic carbocycles. The van der Waals surface area contributed by atoms with Gasteiger partial charge in [0.25, 0.3) is 0 Å². The van der Waals surface area contributed by atoms with Crippen molar-refractivity contribution in [2.45, 2.75) is 57.8 Å². The molecule has 0 bridgehead atoms. The summed E-state index contributed by atoms with van der Waals surface area (Å²) in [7, 11) is 0. The lowest BCUT2D eigenvalue weighted by Crippen LogP contribution is -2.14. The maximum Gasteiger partial charge on any atom is 0.306 e. The van der Waals surface area contributed by atoms with E-state index in [2.05, 4.69) is 13.8 Å². The lowest BCUT2D eigenvalue weighted by molar-refractivity contribution is -0.144. The molecule has 5 heteroatoms. The minimum absolute atomic E-state index is 0.0256. The fourth-order valence-electron chi connectivity index (χ4n) is 2.37. The normalized spacial score (nSPS) is 12.0. The molecule has 0 amide bonds. The summed E-state index contributed by atoms with van der Waals surface area (Å²) in [6.07, 6.45) is 5.45. The molecule has 0 saturated heterocycles. The van der Waals surface area contributed by atoms with Crippen LogP contribution in [0, 0.1) is 12.8 Å². The van der Waals surface area contributed by atoms with Crippen molar-refractivity contribution in [3.8, 4) is 5.75 Å². The van der Waals surface area contributed by atoms with Gasteiger partial charge < -0.3 is 9.84 Å². The monoisotopic (exact) mass is 352 g/mol. The Bertz CT molecular complexity index is 542. The van der Waals surface area contributed by atoms with Crippen LogP contribution in [0.15, 0.2) is 17.0 Å². The Morgan fingerprint density at radius 3 is 2.75 bits per heavy atom. The lowest BCUT2D eigenvalue weighted by atomic mass is 10.0. The molecule has 1 aromatic carbocycles. The third-order valence-electron chi connectivity index (χ3n) is 4.04. The molecule has 0 saturated carbocycles. The van der Waals surface area contributed by atoms with E-state index in [1.807, 2.05) is 6.92 Å². The molecule has 1 unspecified atom stereocenters. The fourth-order valence-corrected chi connectivity index (χ4v) is 3.35. The summed E-state index contributed by atoms with van der Waals surface area (Å²) in [6.45, 7) is 6.68. The molecule has 0 aliphatic heterocycles. The van der Waals surface area contributed by atoms with Crippen LogP contribution in [-0.4, -0.2) is 29.7 Å². The molecule has 0 radical (unpaired) electrons. The van der Waals surface area contributed by atoms with E-state index in [1.165, 1.54) is 18.2 Å². The SMILES string of the molecule is CCCCC(CC)COC(=O)CCSc1cc(O)c(C=O)cc1C. The van der Waals surface area contributed by atoms with E-state index in [9.17, 15) is 14.7 Å². The fraction of sp³-hybridized carbons (Fsp3) is 0.579. The molecule has 1 atom stereocenters. The van der Waals surface area contributed by atoms with Gasteiger partial charge in [0.05, 0.1) is 18.6 Å². The molecular formula is C19H28O4S. The Labute approximate surface area is 149 Å². The Kier molecular flexibility index (Phi) is 9.53. The van der Waals surface area contributed by atoms with Crippen LogP contribution in [0.3, 0.4) is 0 Å². The smallest absolute Gasteiger partial charge is 0.306 e. The van der Waals surface area contributed by atoms with Crippen LogP contribution in [0.1, 0.15) is 61.9 Å². The molecule has 24 heavy (non-hydrogen) atoms. The number of hydrogen-bond donors (Lipinski definition) is 1. The van der Waals surface area contributed by atoms with Gasteiger partial charge in [-0.25, -0.2) is 0 Å². The summed E-state index contributed by atoms with van der Waals surface area (Å²) < 4.78 is 5.37. The highest BCUT2D eigenvalue weighted by Crippen LogP contribution is 2.29. The predicted octanol–water partition coefficient (Wildman–Crippen LogP) is 4.75. The summed E-state index contributed by atoms with van der Waals surface area (Å²) in [5, 5.41) is 9.73. The summed E-state index contributed by atoms with van der Waals surface area (Å²) >= 11 is 1.49. The molecule has 1 N–H and O–H groups in total. The molecule has 0 fully saturated rings. The number of carbonyl (C=O) groups is 2. The Morgan fingerprint density at radius 2 is 2.12 bits per heavy atom. The van der Waals surface area contributed by atoms with Gasteiger partial charge in [0.2, 0.25) is 0 Å². The standard InChI is InChI=1S/C19H28O4S/c1-4-6-7-15(5-2)13-23-19(22)8-9-24-18-11-17(21)16(12-20)10-14(18)3/h10-12,15,21H,4-9,13H2,1-3H3. The maximum absolute atomic E-state index is 11.8. The van der Waals surface area contributed by atoms with Crippen LogP contribution in [0.2, 0.25) is 0 Å². The average molecular weight is 352 g/mol. The van der Waals surface area contributed by atoms with E-state index in [1.54, 1.807) is 12.1 Å². The van der Waals surface area contributed by atoms with Crippen molar-refractivity contribution < 1.29 is 19.4 Å². The number of aryl methyl sites for hydroxylation is 1. The Morgan fingerprint density at radius 1 is 1.38 bits per heavy atom. The number of ether oxygens (including phenoxy) is 1. The lowest BCUT2D eigenvalue weighted by Gasteiger charge is -2.14. The van der Waals surface area contributed by atoms with E-state index in [-0.39, 0.29) is 17.3 Å². The average Bonchev–Trinajstić information content (AvgIpc) is 2.57. The number of aromatic hydroxyl groups is 1. The largest absolute Gasteiger partial charge is 0.507 e. The van der Waals surface area contributed by atoms with E-state index < -0.39 is 0 Å². The second-order valence-corrected chi connectivity index (χ2v) is 7.13. The van der Waals surface area contributed by atoms with Crippen LogP contribution in [0.5, 0.6) is 5.75 Å². The summed E-state index contributed by atoms with van der Waals surface area (Å²) in [5.74, 6) is 0.841. The number of rotatable bonds is 11. The molecule has 0 heterocycles. The number of phenols is 1. The van der Waals surface area contributed by atoms with Crippen molar-refractivity contribution in [3.05, 3.63) is 23.3 Å². The van der Waals surface area contributed by atoms with Crippen LogP contribution in [-0.2, 0) is 9.53 Å². The first kappa shape index (κ1) is 20.6. The van der Waals surface area contributed by atoms with E-state index in [4.69, 9.17) is 4.74 Å². The zero-order valence-electron chi connectivity index (χ0n) is 14.8. The molecule has 4 nitrogen and oxygen atoms in total. The van der Waals surface area contributed by atoms with E-state index >= 15 is 0 Å². The molecule has 0 spiro atoms. The number of esters is 1. The van der Waals surface area contributed by atoms with Crippen molar-refractivity contribution in [2.75, 3.05) is 12.4 Å². The summed E-state index contributed by atoms with van der Waals surface area (Å²) in [4.78, 5) is 23.5. The Balaban J connectivity index is 2.38. The number of unbranched alkanes of at least 4 members (excludes halogenated alkanes) is 1. The predicted molar refractivity (Wildman–Crippen MR) is 97.8 cm³/mol. The second-order valence-electron chi connectivity index (χ2n) is 5.99. The van der Waals surface area contributed by atoms with E-state index in [0.717, 1.165) is 29.7 Å². The second kappa shape index (κ2) is 11.1. The van der Waals surface area contributed by atoms with Crippen LogP contribution in [0.25, 0.3) is 0 Å². The quantitative estimate of drug-likeness (QED) is 0.353. The van der Waals surface area contributed by atoms with Crippen molar-refractivity contribution in [3.63, 3.8) is 0 Å². The molecule has 1 aromatic rings. The molecule has 134 valence electrons. The number of thioether (sulfide) groups is 1. The van der Waals surface area contributed by atoms with Gasteiger partial charge >= 0.3 is 5.97 Å². The summed E-state index contributed by atoms with van der Waals surface area (Å²) in [5.41, 5.74) is 1.20. The first-order chi connectivity index (χ1) is 11.5. The first-order valence-corrected chi connectivity index (χ1v) is 9.57. The highest BCUT2D eigenvalue weighted by Gasteiger charge is 2.11. The zero-order chi connectivity index (χ0) is 17.9. The first-order valence-electron chi connectivity index (χ1n) is 8.58. The highest BCUT2D eigenvalue weighted by molar-refractivity contribution is 7.99. The van der Waals surface area contributed by atoms with Gasteiger partial charge in [-0.1, -0.05) is 33.1 Å².